The second-order valence-electron chi connectivity index (χ2n) is 19.5. The Morgan fingerprint density at radius 1 is 0.276 bits per heavy atom. The summed E-state index contributed by atoms with van der Waals surface area (Å²) in [6.07, 6.45) is 91.1. The van der Waals surface area contributed by atoms with Crippen LogP contribution < -0.4 is 0 Å². The third-order valence-corrected chi connectivity index (χ3v) is 12.2. The van der Waals surface area contributed by atoms with Crippen LogP contribution in [0.3, 0.4) is 0 Å². The van der Waals surface area contributed by atoms with E-state index in [9.17, 15) is 14.4 Å². The Bertz CT molecular complexity index is 1720. The topological polar surface area (TPSA) is 78.9 Å². The highest BCUT2D eigenvalue weighted by Gasteiger charge is 2.19. The molecular weight excluding hydrogens is 937 g/mol. The Morgan fingerprint density at radius 2 is 0.513 bits per heavy atom. The van der Waals surface area contributed by atoms with Gasteiger partial charge in [0.05, 0.1) is 0 Å². The third-order valence-electron chi connectivity index (χ3n) is 12.2. The molecule has 0 radical (unpaired) electrons. The standard InChI is InChI=1S/C70H110O6/c1-4-7-10-13-16-19-22-24-26-28-29-30-31-32-33-34-35-36-37-38-39-40-41-43-44-46-48-51-54-57-60-63-69(72)75-66-67(65-74-68(71)62-59-56-53-50-21-18-15-12-9-6-3)76-70(73)64-61-58-55-52-49-47-45-42-27-25-23-20-17-14-11-8-5-2/h7-8,10-12,15-17,19-20,24-27,29-30,32-33,35-36,38-39,41,43,45,47,67H,4-6,9,13-14,18,21-23,28,31,34,37,40,42,44,46,48-66H2,1-3H3/b10-7-,11-8-,15-12-,19-16-,20-17-,26-24-,27-25-,30-29-,33-32-,36-35-,39-38-,43-41-,47-45-. The molecular formula is C70H110O6. The van der Waals surface area contributed by atoms with Gasteiger partial charge >= 0.3 is 17.9 Å². The number of carbonyl (C=O) groups excluding carboxylic acids is 3. The molecule has 0 saturated heterocycles. The van der Waals surface area contributed by atoms with E-state index in [1.54, 1.807) is 0 Å². The average Bonchev–Trinajstić information content (AvgIpc) is 3.42. The number of esters is 3. The predicted octanol–water partition coefficient (Wildman–Crippen LogP) is 20.9. The maximum Gasteiger partial charge on any atom is 0.306 e. The summed E-state index contributed by atoms with van der Waals surface area (Å²) in [6, 6.07) is 0. The Balaban J connectivity index is 4.33. The van der Waals surface area contributed by atoms with E-state index in [4.69, 9.17) is 14.2 Å². The molecule has 0 aromatic carbocycles. The van der Waals surface area contributed by atoms with Gasteiger partial charge in [0.1, 0.15) is 13.2 Å². The first-order valence-corrected chi connectivity index (χ1v) is 30.5. The van der Waals surface area contributed by atoms with Crippen molar-refractivity contribution >= 4 is 17.9 Å². The highest BCUT2D eigenvalue weighted by molar-refractivity contribution is 5.71. The molecule has 426 valence electrons. The van der Waals surface area contributed by atoms with Crippen LogP contribution in [0.4, 0.5) is 0 Å². The number of hydrogen-bond acceptors (Lipinski definition) is 6. The maximum absolute atomic E-state index is 12.8. The largest absolute Gasteiger partial charge is 0.462 e. The van der Waals surface area contributed by atoms with Gasteiger partial charge in [-0.05, 0) is 141 Å². The Kier molecular flexibility index (Phi) is 58.5. The van der Waals surface area contributed by atoms with Crippen LogP contribution in [0.25, 0.3) is 0 Å². The molecule has 0 heterocycles. The maximum atomic E-state index is 12.8. The molecule has 0 aliphatic rings. The molecule has 6 nitrogen and oxygen atoms in total. The zero-order chi connectivity index (χ0) is 55.0. The lowest BCUT2D eigenvalue weighted by atomic mass is 10.1. The van der Waals surface area contributed by atoms with Gasteiger partial charge in [0.25, 0.3) is 0 Å². The smallest absolute Gasteiger partial charge is 0.306 e. The van der Waals surface area contributed by atoms with Gasteiger partial charge in [0, 0.05) is 19.3 Å². The van der Waals surface area contributed by atoms with Gasteiger partial charge in [-0.3, -0.25) is 14.4 Å². The minimum atomic E-state index is -0.808. The molecule has 0 N–H and O–H groups in total. The van der Waals surface area contributed by atoms with Crippen LogP contribution in [-0.2, 0) is 28.6 Å². The number of rotatable bonds is 53. The third kappa shape index (κ3) is 59.9. The molecule has 1 unspecified atom stereocenters. The molecule has 0 amide bonds. The molecule has 1 atom stereocenters. The summed E-state index contributed by atoms with van der Waals surface area (Å²) in [7, 11) is 0. The fourth-order valence-electron chi connectivity index (χ4n) is 7.74. The number of ether oxygens (including phenoxy) is 3. The lowest BCUT2D eigenvalue weighted by Gasteiger charge is -2.18. The summed E-state index contributed by atoms with van der Waals surface area (Å²) in [5.74, 6) is -0.960. The Morgan fingerprint density at radius 3 is 0.816 bits per heavy atom. The average molecular weight is 1050 g/mol. The van der Waals surface area contributed by atoms with Crippen molar-refractivity contribution in [2.75, 3.05) is 13.2 Å². The van der Waals surface area contributed by atoms with Crippen LogP contribution in [0.2, 0.25) is 0 Å². The summed E-state index contributed by atoms with van der Waals surface area (Å²) in [5.41, 5.74) is 0. The fraction of sp³-hybridized carbons (Fsp3) is 0.586. The highest BCUT2D eigenvalue weighted by Crippen LogP contribution is 2.13. The molecule has 0 bridgehead atoms. The lowest BCUT2D eigenvalue weighted by Crippen LogP contribution is -2.30. The first-order chi connectivity index (χ1) is 37.5. The monoisotopic (exact) mass is 1050 g/mol. The van der Waals surface area contributed by atoms with Crippen LogP contribution in [0.1, 0.15) is 245 Å². The van der Waals surface area contributed by atoms with Crippen molar-refractivity contribution in [2.45, 2.75) is 252 Å². The van der Waals surface area contributed by atoms with Gasteiger partial charge in [-0.1, -0.05) is 243 Å². The second kappa shape index (κ2) is 62.6. The quantitative estimate of drug-likeness (QED) is 0.0261. The van der Waals surface area contributed by atoms with Gasteiger partial charge in [0.2, 0.25) is 0 Å². The van der Waals surface area contributed by atoms with Crippen LogP contribution in [0.15, 0.2) is 158 Å². The van der Waals surface area contributed by atoms with Gasteiger partial charge < -0.3 is 14.2 Å². The van der Waals surface area contributed by atoms with E-state index in [1.165, 1.54) is 25.7 Å². The Labute approximate surface area is 467 Å². The minimum absolute atomic E-state index is 0.103. The predicted molar refractivity (Wildman–Crippen MR) is 329 cm³/mol. The number of carbonyl (C=O) groups is 3. The molecule has 0 aliphatic heterocycles. The van der Waals surface area contributed by atoms with Crippen molar-refractivity contribution in [3.05, 3.63) is 158 Å². The van der Waals surface area contributed by atoms with Crippen molar-refractivity contribution in [3.63, 3.8) is 0 Å². The van der Waals surface area contributed by atoms with Gasteiger partial charge in [-0.25, -0.2) is 0 Å². The van der Waals surface area contributed by atoms with Gasteiger partial charge in [0.15, 0.2) is 6.10 Å². The van der Waals surface area contributed by atoms with Crippen LogP contribution in [0, 0.1) is 0 Å². The van der Waals surface area contributed by atoms with Crippen LogP contribution in [0.5, 0.6) is 0 Å². The number of hydrogen-bond donors (Lipinski definition) is 0. The second-order valence-corrected chi connectivity index (χ2v) is 19.5. The normalized spacial score (nSPS) is 13.2. The van der Waals surface area contributed by atoms with E-state index in [0.717, 1.165) is 180 Å². The molecule has 76 heavy (non-hydrogen) atoms. The molecule has 0 saturated carbocycles. The molecule has 0 rings (SSSR count). The molecule has 0 spiro atoms. The molecule has 0 aromatic rings. The molecule has 6 heteroatoms. The van der Waals surface area contributed by atoms with E-state index in [1.807, 2.05) is 0 Å². The van der Waals surface area contributed by atoms with Crippen molar-refractivity contribution < 1.29 is 28.6 Å². The fourth-order valence-corrected chi connectivity index (χ4v) is 7.74. The van der Waals surface area contributed by atoms with E-state index >= 15 is 0 Å². The van der Waals surface area contributed by atoms with Crippen LogP contribution in [-0.4, -0.2) is 37.2 Å². The summed E-state index contributed by atoms with van der Waals surface area (Å²) >= 11 is 0. The highest BCUT2D eigenvalue weighted by atomic mass is 16.6. The number of unbranched alkanes of at least 4 members (excludes halogenated alkanes) is 16. The van der Waals surface area contributed by atoms with E-state index < -0.39 is 6.10 Å². The van der Waals surface area contributed by atoms with Crippen molar-refractivity contribution in [1.82, 2.24) is 0 Å². The van der Waals surface area contributed by atoms with Crippen molar-refractivity contribution in [2.24, 2.45) is 0 Å². The first-order valence-electron chi connectivity index (χ1n) is 30.5. The zero-order valence-electron chi connectivity index (χ0n) is 48.7. The summed E-state index contributed by atoms with van der Waals surface area (Å²) < 4.78 is 16.8. The molecule has 0 aliphatic carbocycles. The van der Waals surface area contributed by atoms with Crippen molar-refractivity contribution in [1.29, 1.82) is 0 Å². The first kappa shape index (κ1) is 71.0. The summed E-state index contributed by atoms with van der Waals surface area (Å²) in [6.45, 7) is 6.29. The molecule has 0 aromatic heterocycles. The summed E-state index contributed by atoms with van der Waals surface area (Å²) in [5, 5.41) is 0. The SMILES string of the molecule is CC/C=C\C/C=C\C/C=C\C/C=C\C/C=C\C/C=C\C/C=C\C/C=C\CCCCCCCCC(=O)OCC(COC(=O)CCCCCCC/C=C\CCC)OC(=O)CCCCCC/C=C\C/C=C\C/C=C\C/C=C\CC. The lowest BCUT2D eigenvalue weighted by molar-refractivity contribution is -0.167. The van der Waals surface area contributed by atoms with E-state index in [-0.39, 0.29) is 37.5 Å². The zero-order valence-corrected chi connectivity index (χ0v) is 48.7. The van der Waals surface area contributed by atoms with Crippen LogP contribution >= 0.6 is 0 Å². The molecule has 0 fully saturated rings. The van der Waals surface area contributed by atoms with E-state index in [2.05, 4.69) is 179 Å². The van der Waals surface area contributed by atoms with E-state index in [0.29, 0.717) is 12.8 Å². The van der Waals surface area contributed by atoms with Gasteiger partial charge in [-0.2, -0.15) is 0 Å². The van der Waals surface area contributed by atoms with Crippen molar-refractivity contribution in [3.8, 4) is 0 Å². The Hall–Kier alpha value is -4.97. The number of allylic oxidation sites excluding steroid dienone is 26. The van der Waals surface area contributed by atoms with Gasteiger partial charge in [-0.15, -0.1) is 0 Å². The summed E-state index contributed by atoms with van der Waals surface area (Å²) in [4.78, 5) is 38.1. The minimum Gasteiger partial charge on any atom is -0.462 e.